The Labute approximate surface area is 190 Å². The molecule has 9 nitrogen and oxygen atoms in total. The Morgan fingerprint density at radius 2 is 1.85 bits per heavy atom. The number of hydrogen-bond donors (Lipinski definition) is 2. The van der Waals surface area contributed by atoms with Crippen molar-refractivity contribution in [2.45, 2.75) is 50.5 Å². The molecule has 2 saturated heterocycles. The van der Waals surface area contributed by atoms with Gasteiger partial charge in [-0.15, -0.1) is 0 Å². The number of carbonyl (C=O) groups is 1. The fourth-order valence-electron chi connectivity index (χ4n) is 4.62. The maximum Gasteiger partial charge on any atom is 0.319 e. The van der Waals surface area contributed by atoms with E-state index in [-0.39, 0.29) is 24.8 Å². The van der Waals surface area contributed by atoms with Crippen molar-refractivity contribution in [3.8, 4) is 11.4 Å². The van der Waals surface area contributed by atoms with Crippen LogP contribution in [-0.2, 0) is 11.3 Å². The van der Waals surface area contributed by atoms with Gasteiger partial charge in [0.15, 0.2) is 11.5 Å². The van der Waals surface area contributed by atoms with Crippen molar-refractivity contribution >= 4 is 28.6 Å². The van der Waals surface area contributed by atoms with Crippen molar-refractivity contribution in [3.63, 3.8) is 0 Å². The van der Waals surface area contributed by atoms with Crippen molar-refractivity contribution in [1.82, 2.24) is 25.1 Å². The van der Waals surface area contributed by atoms with Gasteiger partial charge < -0.3 is 20.3 Å². The molecular weight excluding hydrogens is 425 g/mol. The standard InChI is InChI=1S/C23H26FN7O2/c24-9-10-31-22-19(11-25-31)21(30-12-17-7-8-18(13-30)33-17)28-20(29-22)14-1-3-15(4-2-14)26-23(32)27-16-5-6-16/h1-4,11,16-18H,5-10,12-13H2,(H2,26,27,32). The molecule has 6 rings (SSSR count). The third kappa shape index (κ3) is 4.10. The van der Waals surface area contributed by atoms with Gasteiger partial charge in [-0.05, 0) is 49.9 Å². The van der Waals surface area contributed by atoms with Gasteiger partial charge in [0.2, 0.25) is 0 Å². The molecule has 1 aliphatic carbocycles. The van der Waals surface area contributed by atoms with Crippen LogP contribution in [0.2, 0.25) is 0 Å². The Bertz CT molecular complexity index is 1170. The number of aryl methyl sites for hydroxylation is 1. The van der Waals surface area contributed by atoms with Gasteiger partial charge >= 0.3 is 6.03 Å². The first-order chi connectivity index (χ1) is 16.2. The molecule has 3 fully saturated rings. The highest BCUT2D eigenvalue weighted by Gasteiger charge is 2.35. The third-order valence-electron chi connectivity index (χ3n) is 6.43. The Morgan fingerprint density at radius 1 is 1.09 bits per heavy atom. The molecule has 2 aromatic heterocycles. The number of rotatable bonds is 6. The molecule has 1 aromatic carbocycles. The largest absolute Gasteiger partial charge is 0.371 e. The summed E-state index contributed by atoms with van der Waals surface area (Å²) in [6, 6.07) is 7.55. The molecule has 3 aromatic rings. The number of morpholine rings is 1. The van der Waals surface area contributed by atoms with Crippen molar-refractivity contribution in [3.05, 3.63) is 30.5 Å². The molecule has 1 saturated carbocycles. The lowest BCUT2D eigenvalue weighted by Gasteiger charge is -2.33. The summed E-state index contributed by atoms with van der Waals surface area (Å²) in [5.41, 5.74) is 2.14. The van der Waals surface area contributed by atoms with E-state index in [0.717, 1.165) is 55.5 Å². The first kappa shape index (κ1) is 20.3. The second-order valence-corrected chi connectivity index (χ2v) is 8.98. The minimum atomic E-state index is -0.517. The fourth-order valence-corrected chi connectivity index (χ4v) is 4.62. The van der Waals surface area contributed by atoms with Gasteiger partial charge in [-0.25, -0.2) is 23.8 Å². The second-order valence-electron chi connectivity index (χ2n) is 8.98. The quantitative estimate of drug-likeness (QED) is 0.598. The van der Waals surface area contributed by atoms with Crippen LogP contribution in [0.4, 0.5) is 20.7 Å². The molecular formula is C23H26FN7O2. The first-order valence-electron chi connectivity index (χ1n) is 11.5. The minimum Gasteiger partial charge on any atom is -0.371 e. The summed E-state index contributed by atoms with van der Waals surface area (Å²) < 4.78 is 20.7. The number of benzene rings is 1. The maximum atomic E-state index is 13.1. The number of hydrogen-bond acceptors (Lipinski definition) is 6. The maximum absolute atomic E-state index is 13.1. The van der Waals surface area contributed by atoms with E-state index in [0.29, 0.717) is 23.2 Å². The van der Waals surface area contributed by atoms with Gasteiger partial charge in [-0.3, -0.25) is 0 Å². The van der Waals surface area contributed by atoms with Gasteiger partial charge in [0.05, 0.1) is 30.3 Å². The van der Waals surface area contributed by atoms with Gasteiger partial charge in [0.1, 0.15) is 12.5 Å². The zero-order valence-corrected chi connectivity index (χ0v) is 18.2. The summed E-state index contributed by atoms with van der Waals surface area (Å²) in [5.74, 6) is 1.36. The molecule has 2 amide bonds. The number of urea groups is 1. The number of nitrogens with one attached hydrogen (secondary N) is 2. The smallest absolute Gasteiger partial charge is 0.319 e. The summed E-state index contributed by atoms with van der Waals surface area (Å²) >= 11 is 0. The molecule has 2 atom stereocenters. The normalized spacial score (nSPS) is 22.0. The second kappa shape index (κ2) is 8.26. The van der Waals surface area contributed by atoms with Gasteiger partial charge in [0.25, 0.3) is 0 Å². The van der Waals surface area contributed by atoms with E-state index in [4.69, 9.17) is 14.7 Å². The molecule has 2 unspecified atom stereocenters. The molecule has 2 bridgehead atoms. The van der Waals surface area contributed by atoms with Crippen molar-refractivity contribution in [2.75, 3.05) is 30.0 Å². The third-order valence-corrected chi connectivity index (χ3v) is 6.43. The van der Waals surface area contributed by atoms with E-state index in [1.165, 1.54) is 0 Å². The van der Waals surface area contributed by atoms with Crippen LogP contribution in [0.15, 0.2) is 30.5 Å². The lowest BCUT2D eigenvalue weighted by atomic mass is 10.2. The number of ether oxygens (including phenoxy) is 1. The van der Waals surface area contributed by atoms with E-state index in [2.05, 4.69) is 20.6 Å². The number of amides is 2. The van der Waals surface area contributed by atoms with E-state index >= 15 is 0 Å². The molecule has 2 N–H and O–H groups in total. The van der Waals surface area contributed by atoms with Crippen LogP contribution in [0, 0.1) is 0 Å². The van der Waals surface area contributed by atoms with Crippen LogP contribution in [0.3, 0.4) is 0 Å². The molecule has 4 heterocycles. The number of fused-ring (bicyclic) bond motifs is 3. The highest BCUT2D eigenvalue weighted by molar-refractivity contribution is 5.91. The van der Waals surface area contributed by atoms with E-state index in [1.807, 2.05) is 24.3 Å². The molecule has 0 radical (unpaired) electrons. The van der Waals surface area contributed by atoms with E-state index in [9.17, 15) is 9.18 Å². The van der Waals surface area contributed by atoms with Crippen LogP contribution in [0.5, 0.6) is 0 Å². The number of aromatic nitrogens is 4. The Hall–Kier alpha value is -3.27. The van der Waals surface area contributed by atoms with Gasteiger partial charge in [0, 0.05) is 30.4 Å². The molecule has 10 heteroatoms. The predicted molar refractivity (Wildman–Crippen MR) is 122 cm³/mol. The van der Waals surface area contributed by atoms with E-state index < -0.39 is 6.67 Å². The average Bonchev–Trinajstić information content (AvgIpc) is 3.45. The summed E-state index contributed by atoms with van der Waals surface area (Å²) in [6.07, 6.45) is 6.36. The molecule has 0 spiro atoms. The molecule has 2 aliphatic heterocycles. The minimum absolute atomic E-state index is 0.146. The Morgan fingerprint density at radius 3 is 2.55 bits per heavy atom. The van der Waals surface area contributed by atoms with Gasteiger partial charge in [-0.2, -0.15) is 5.10 Å². The first-order valence-corrected chi connectivity index (χ1v) is 11.5. The van der Waals surface area contributed by atoms with Gasteiger partial charge in [-0.1, -0.05) is 0 Å². The summed E-state index contributed by atoms with van der Waals surface area (Å²) in [7, 11) is 0. The average molecular weight is 452 g/mol. The monoisotopic (exact) mass is 451 g/mol. The van der Waals surface area contributed by atoms with Crippen LogP contribution in [0.1, 0.15) is 25.7 Å². The van der Waals surface area contributed by atoms with Crippen LogP contribution in [-0.4, -0.2) is 63.8 Å². The topological polar surface area (TPSA) is 97.2 Å². The van der Waals surface area contributed by atoms with Crippen molar-refractivity contribution in [2.24, 2.45) is 0 Å². The van der Waals surface area contributed by atoms with E-state index in [1.54, 1.807) is 10.9 Å². The molecule has 3 aliphatic rings. The molecule has 33 heavy (non-hydrogen) atoms. The zero-order valence-electron chi connectivity index (χ0n) is 18.2. The van der Waals surface area contributed by atoms with Crippen LogP contribution in [0.25, 0.3) is 22.4 Å². The Kier molecular flexibility index (Phi) is 5.09. The number of nitrogens with zero attached hydrogens (tertiary/aromatic N) is 5. The number of alkyl halides is 1. The number of anilines is 2. The van der Waals surface area contributed by atoms with Crippen LogP contribution < -0.4 is 15.5 Å². The highest BCUT2D eigenvalue weighted by Crippen LogP contribution is 2.33. The van der Waals surface area contributed by atoms with Crippen LogP contribution >= 0.6 is 0 Å². The Balaban J connectivity index is 1.33. The lowest BCUT2D eigenvalue weighted by molar-refractivity contribution is 0.0303. The number of carbonyl (C=O) groups excluding carboxylic acids is 1. The number of halogens is 1. The lowest BCUT2D eigenvalue weighted by Crippen LogP contribution is -2.43. The summed E-state index contributed by atoms with van der Waals surface area (Å²) in [5, 5.41) is 11.0. The highest BCUT2D eigenvalue weighted by atomic mass is 19.1. The summed E-state index contributed by atoms with van der Waals surface area (Å²) in [6.45, 7) is 1.17. The zero-order chi connectivity index (χ0) is 22.4. The molecule has 172 valence electrons. The predicted octanol–water partition coefficient (Wildman–Crippen LogP) is 3.11. The summed E-state index contributed by atoms with van der Waals surface area (Å²) in [4.78, 5) is 23.9. The SMILES string of the molecule is O=C(Nc1ccc(-c2nc(N3CC4CCC(C3)O4)c3cnn(CCF)c3n2)cc1)NC1CC1. The van der Waals surface area contributed by atoms with Crippen molar-refractivity contribution in [1.29, 1.82) is 0 Å². The van der Waals surface area contributed by atoms with Crippen molar-refractivity contribution < 1.29 is 13.9 Å². The fraction of sp³-hybridized carbons (Fsp3) is 0.478.